The lowest BCUT2D eigenvalue weighted by Crippen LogP contribution is -2.53. The molecule has 0 aliphatic carbocycles. The zero-order valence-electron chi connectivity index (χ0n) is 20.5. The summed E-state index contributed by atoms with van der Waals surface area (Å²) in [6, 6.07) is 11.4. The minimum absolute atomic E-state index is 0.171. The van der Waals surface area contributed by atoms with E-state index < -0.39 is 29.9 Å². The highest BCUT2D eigenvalue weighted by molar-refractivity contribution is 6.30. The third-order valence-electron chi connectivity index (χ3n) is 5.61. The minimum atomic E-state index is -1.15. The first-order valence-corrected chi connectivity index (χ1v) is 11.9. The summed E-state index contributed by atoms with van der Waals surface area (Å²) < 4.78 is 5.80. The van der Waals surface area contributed by atoms with Gasteiger partial charge in [-0.2, -0.15) is 0 Å². The Labute approximate surface area is 211 Å². The molecule has 35 heavy (non-hydrogen) atoms. The SMILES string of the molecule is CC(C)[C@H](N)COc1cc(Cl)ccc1C(=O)N[C@@H](Cc1ccccc1)C(=O)N[C@H](C(=O)O)C(C)C. The van der Waals surface area contributed by atoms with Crippen LogP contribution in [0.2, 0.25) is 5.02 Å². The first-order valence-electron chi connectivity index (χ1n) is 11.6. The van der Waals surface area contributed by atoms with Crippen LogP contribution in [0.15, 0.2) is 48.5 Å². The smallest absolute Gasteiger partial charge is 0.326 e. The lowest BCUT2D eigenvalue weighted by molar-refractivity contribution is -0.143. The van der Waals surface area contributed by atoms with Gasteiger partial charge in [-0.15, -0.1) is 0 Å². The van der Waals surface area contributed by atoms with Crippen LogP contribution in [0.3, 0.4) is 0 Å². The van der Waals surface area contributed by atoms with Crippen LogP contribution in [0.5, 0.6) is 5.75 Å². The molecule has 0 fully saturated rings. The Morgan fingerprint density at radius 2 is 1.66 bits per heavy atom. The van der Waals surface area contributed by atoms with Gasteiger partial charge in [0, 0.05) is 17.5 Å². The maximum atomic E-state index is 13.3. The van der Waals surface area contributed by atoms with Crippen molar-refractivity contribution in [3.8, 4) is 5.75 Å². The molecule has 8 nitrogen and oxygen atoms in total. The van der Waals surface area contributed by atoms with Gasteiger partial charge in [0.2, 0.25) is 5.91 Å². The fourth-order valence-corrected chi connectivity index (χ4v) is 3.41. The van der Waals surface area contributed by atoms with Crippen molar-refractivity contribution in [2.45, 2.75) is 52.2 Å². The maximum absolute atomic E-state index is 13.3. The Morgan fingerprint density at radius 3 is 2.23 bits per heavy atom. The lowest BCUT2D eigenvalue weighted by Gasteiger charge is -2.24. The highest BCUT2D eigenvalue weighted by atomic mass is 35.5. The van der Waals surface area contributed by atoms with Gasteiger partial charge >= 0.3 is 5.97 Å². The molecule has 0 aliphatic heterocycles. The van der Waals surface area contributed by atoms with Gasteiger partial charge in [-0.25, -0.2) is 4.79 Å². The van der Waals surface area contributed by atoms with Crippen LogP contribution < -0.4 is 21.1 Å². The molecule has 2 aromatic rings. The van der Waals surface area contributed by atoms with Crippen LogP contribution in [0.4, 0.5) is 0 Å². The summed E-state index contributed by atoms with van der Waals surface area (Å²) in [5, 5.41) is 15.2. The van der Waals surface area contributed by atoms with E-state index in [0.29, 0.717) is 5.02 Å². The molecule has 2 amide bonds. The van der Waals surface area contributed by atoms with Gasteiger partial charge in [0.05, 0.1) is 5.56 Å². The molecule has 0 unspecified atom stereocenters. The third-order valence-corrected chi connectivity index (χ3v) is 5.85. The Bertz CT molecular complexity index is 1010. The summed E-state index contributed by atoms with van der Waals surface area (Å²) in [7, 11) is 0. The average Bonchev–Trinajstić information content (AvgIpc) is 2.80. The molecule has 0 spiro atoms. The van der Waals surface area contributed by atoms with Crippen molar-refractivity contribution >= 4 is 29.4 Å². The highest BCUT2D eigenvalue weighted by Gasteiger charge is 2.29. The molecule has 2 aromatic carbocycles. The second kappa shape index (κ2) is 13.1. The number of nitrogens with one attached hydrogen (secondary N) is 2. The number of ether oxygens (including phenoxy) is 1. The van der Waals surface area contributed by atoms with Crippen LogP contribution in [-0.4, -0.2) is 47.6 Å². The predicted molar refractivity (Wildman–Crippen MR) is 136 cm³/mol. The van der Waals surface area contributed by atoms with Crippen molar-refractivity contribution in [3.05, 3.63) is 64.7 Å². The van der Waals surface area contributed by atoms with E-state index in [1.54, 1.807) is 19.9 Å². The molecule has 0 radical (unpaired) electrons. The van der Waals surface area contributed by atoms with Crippen molar-refractivity contribution in [2.24, 2.45) is 17.6 Å². The number of hydrogen-bond acceptors (Lipinski definition) is 5. The van der Waals surface area contributed by atoms with Crippen LogP contribution in [0.1, 0.15) is 43.6 Å². The van der Waals surface area contributed by atoms with Crippen LogP contribution in [0, 0.1) is 11.8 Å². The standard InChI is InChI=1S/C26H34ClN3O5/c1-15(2)20(28)14-35-22-13-18(27)10-11-19(22)24(31)29-21(12-17-8-6-5-7-9-17)25(32)30-23(16(3)4)26(33)34/h5-11,13,15-16,20-21,23H,12,14,28H2,1-4H3,(H,29,31)(H,30,32)(H,33,34)/t20-,21+,23+/m1/s1. The van der Waals surface area contributed by atoms with Gasteiger partial charge in [0.15, 0.2) is 0 Å². The molecule has 2 rings (SSSR count). The van der Waals surface area contributed by atoms with Crippen molar-refractivity contribution in [3.63, 3.8) is 0 Å². The number of carbonyl (C=O) groups is 3. The molecular formula is C26H34ClN3O5. The summed E-state index contributed by atoms with van der Waals surface area (Å²) in [6.07, 6.45) is 0.171. The first-order chi connectivity index (χ1) is 16.5. The summed E-state index contributed by atoms with van der Waals surface area (Å²) in [6.45, 7) is 7.51. The van der Waals surface area contributed by atoms with Crippen molar-refractivity contribution in [1.29, 1.82) is 0 Å². The predicted octanol–water partition coefficient (Wildman–Crippen LogP) is 3.27. The zero-order valence-corrected chi connectivity index (χ0v) is 21.2. The Morgan fingerprint density at radius 1 is 1.00 bits per heavy atom. The van der Waals surface area contributed by atoms with Gasteiger partial charge in [-0.1, -0.05) is 69.6 Å². The second-order valence-electron chi connectivity index (χ2n) is 9.14. The first kappa shape index (κ1) is 28.1. The average molecular weight is 504 g/mol. The molecule has 0 heterocycles. The van der Waals surface area contributed by atoms with Crippen LogP contribution in [0.25, 0.3) is 0 Å². The van der Waals surface area contributed by atoms with Crippen molar-refractivity contribution in [1.82, 2.24) is 10.6 Å². The van der Waals surface area contributed by atoms with E-state index >= 15 is 0 Å². The molecule has 3 atom stereocenters. The number of benzene rings is 2. The van der Waals surface area contributed by atoms with E-state index in [1.807, 2.05) is 44.2 Å². The largest absolute Gasteiger partial charge is 0.491 e. The molecule has 0 saturated carbocycles. The molecule has 0 bridgehead atoms. The topological polar surface area (TPSA) is 131 Å². The molecule has 190 valence electrons. The van der Waals surface area contributed by atoms with Gasteiger partial charge in [0.1, 0.15) is 24.4 Å². The van der Waals surface area contributed by atoms with Crippen molar-refractivity contribution < 1.29 is 24.2 Å². The highest BCUT2D eigenvalue weighted by Crippen LogP contribution is 2.24. The fourth-order valence-electron chi connectivity index (χ4n) is 3.24. The third kappa shape index (κ3) is 8.56. The number of carboxylic acid groups (broad SMARTS) is 1. The quantitative estimate of drug-likeness (QED) is 0.351. The lowest BCUT2D eigenvalue weighted by atomic mass is 10.0. The second-order valence-corrected chi connectivity index (χ2v) is 9.58. The van der Waals surface area contributed by atoms with Gasteiger partial charge in [0.25, 0.3) is 5.91 Å². The van der Waals surface area contributed by atoms with Crippen molar-refractivity contribution in [2.75, 3.05) is 6.61 Å². The van der Waals surface area contributed by atoms with Gasteiger partial charge in [-0.05, 0) is 35.6 Å². The van der Waals surface area contributed by atoms with E-state index in [4.69, 9.17) is 22.1 Å². The molecule has 9 heteroatoms. The summed E-state index contributed by atoms with van der Waals surface area (Å²) in [4.78, 5) is 38.0. The molecule has 5 N–H and O–H groups in total. The maximum Gasteiger partial charge on any atom is 0.326 e. The van der Waals surface area contributed by atoms with E-state index in [1.165, 1.54) is 12.1 Å². The Kier molecular flexibility index (Phi) is 10.5. The summed E-state index contributed by atoms with van der Waals surface area (Å²) in [5.74, 6) is -2.22. The van der Waals surface area contributed by atoms with Crippen LogP contribution in [-0.2, 0) is 16.0 Å². The minimum Gasteiger partial charge on any atom is -0.491 e. The molecule has 0 aliphatic rings. The van der Waals surface area contributed by atoms with E-state index in [2.05, 4.69) is 10.6 Å². The number of halogens is 1. The summed E-state index contributed by atoms with van der Waals surface area (Å²) >= 11 is 6.12. The van der Waals surface area contributed by atoms with E-state index in [-0.39, 0.29) is 42.2 Å². The monoisotopic (exact) mass is 503 g/mol. The number of carboxylic acids is 1. The molecule has 0 saturated heterocycles. The molecular weight excluding hydrogens is 470 g/mol. The number of amides is 2. The number of aliphatic carboxylic acids is 1. The fraction of sp³-hybridized carbons (Fsp3) is 0.423. The number of nitrogens with two attached hydrogens (primary N) is 1. The Hall–Kier alpha value is -3.10. The zero-order chi connectivity index (χ0) is 26.1. The van der Waals surface area contributed by atoms with E-state index in [0.717, 1.165) is 5.56 Å². The molecule has 0 aromatic heterocycles. The normalized spacial score (nSPS) is 13.7. The number of rotatable bonds is 12. The summed E-state index contributed by atoms with van der Waals surface area (Å²) in [5.41, 5.74) is 7.07. The van der Waals surface area contributed by atoms with Crippen LogP contribution >= 0.6 is 11.6 Å². The Balaban J connectivity index is 2.29. The van der Waals surface area contributed by atoms with Gasteiger partial charge < -0.3 is 26.2 Å². The van der Waals surface area contributed by atoms with E-state index in [9.17, 15) is 19.5 Å². The number of hydrogen-bond donors (Lipinski definition) is 4. The number of carbonyl (C=O) groups excluding carboxylic acids is 2. The van der Waals surface area contributed by atoms with Gasteiger partial charge in [-0.3, -0.25) is 9.59 Å².